The van der Waals surface area contributed by atoms with Gasteiger partial charge in [-0.15, -0.1) is 0 Å². The molecule has 3 N–H and O–H groups in total. The summed E-state index contributed by atoms with van der Waals surface area (Å²) < 4.78 is 0.971. The van der Waals surface area contributed by atoms with Gasteiger partial charge in [0.05, 0.1) is 23.8 Å². The fourth-order valence-electron chi connectivity index (χ4n) is 1.26. The molecule has 1 aromatic carbocycles. The molecule has 0 radical (unpaired) electrons. The Hall–Kier alpha value is -1.62. The van der Waals surface area contributed by atoms with Crippen LogP contribution in [0.1, 0.15) is 5.56 Å². The highest BCUT2D eigenvalue weighted by atomic mass is 79.9. The van der Waals surface area contributed by atoms with Crippen molar-refractivity contribution in [2.75, 3.05) is 11.1 Å². The Morgan fingerprint density at radius 3 is 2.62 bits per heavy atom. The molecular formula is C11H11BrN4. The zero-order valence-corrected chi connectivity index (χ0v) is 10.3. The summed E-state index contributed by atoms with van der Waals surface area (Å²) >= 11 is 3.46. The molecule has 0 aliphatic rings. The van der Waals surface area contributed by atoms with Gasteiger partial charge in [-0.05, 0) is 40.5 Å². The summed E-state index contributed by atoms with van der Waals surface area (Å²) in [6, 6.07) is 6.03. The summed E-state index contributed by atoms with van der Waals surface area (Å²) in [5, 5.41) is 3.12. The monoisotopic (exact) mass is 278 g/mol. The van der Waals surface area contributed by atoms with Crippen molar-refractivity contribution in [3.8, 4) is 0 Å². The summed E-state index contributed by atoms with van der Waals surface area (Å²) in [6.07, 6.45) is 3.14. The van der Waals surface area contributed by atoms with Crippen LogP contribution in [-0.4, -0.2) is 9.97 Å². The van der Waals surface area contributed by atoms with E-state index in [9.17, 15) is 0 Å². The van der Waals surface area contributed by atoms with Gasteiger partial charge in [-0.2, -0.15) is 0 Å². The number of nitrogens with two attached hydrogens (primary N) is 1. The minimum Gasteiger partial charge on any atom is -0.396 e. The molecule has 0 aliphatic heterocycles. The third-order valence-electron chi connectivity index (χ3n) is 2.04. The van der Waals surface area contributed by atoms with Crippen LogP contribution in [0.5, 0.6) is 0 Å². The van der Waals surface area contributed by atoms with E-state index >= 15 is 0 Å². The second-order valence-corrected chi connectivity index (χ2v) is 4.30. The lowest BCUT2D eigenvalue weighted by Gasteiger charge is -2.07. The van der Waals surface area contributed by atoms with E-state index in [1.165, 1.54) is 5.56 Å². The van der Waals surface area contributed by atoms with Crippen LogP contribution < -0.4 is 11.1 Å². The maximum Gasteiger partial charge on any atom is 0.227 e. The number of benzene rings is 1. The van der Waals surface area contributed by atoms with Gasteiger partial charge in [0.1, 0.15) is 0 Å². The normalized spacial score (nSPS) is 10.1. The fourth-order valence-corrected chi connectivity index (χ4v) is 1.60. The third kappa shape index (κ3) is 2.49. The first-order chi connectivity index (χ1) is 7.65. The van der Waals surface area contributed by atoms with E-state index in [1.807, 2.05) is 25.1 Å². The van der Waals surface area contributed by atoms with Crippen LogP contribution >= 0.6 is 15.9 Å². The number of aryl methyl sites for hydroxylation is 1. The molecule has 0 bridgehead atoms. The van der Waals surface area contributed by atoms with E-state index in [0.29, 0.717) is 11.6 Å². The molecule has 0 saturated heterocycles. The lowest BCUT2D eigenvalue weighted by Crippen LogP contribution is -1.98. The molecule has 0 aliphatic carbocycles. The first-order valence-electron chi connectivity index (χ1n) is 4.76. The van der Waals surface area contributed by atoms with E-state index < -0.39 is 0 Å². The first-order valence-corrected chi connectivity index (χ1v) is 5.55. The van der Waals surface area contributed by atoms with Crippen molar-refractivity contribution < 1.29 is 0 Å². The molecule has 1 heterocycles. The number of nitrogen functional groups attached to an aromatic ring is 1. The van der Waals surface area contributed by atoms with Crippen LogP contribution in [0.25, 0.3) is 0 Å². The fraction of sp³-hybridized carbons (Fsp3) is 0.0909. The molecule has 1 aromatic heterocycles. The van der Waals surface area contributed by atoms with Gasteiger partial charge in [-0.1, -0.05) is 6.07 Å². The molecule has 0 fully saturated rings. The van der Waals surface area contributed by atoms with Crippen molar-refractivity contribution in [1.82, 2.24) is 9.97 Å². The molecule has 2 aromatic rings. The van der Waals surface area contributed by atoms with Crippen molar-refractivity contribution in [1.29, 1.82) is 0 Å². The maximum atomic E-state index is 5.51. The first kappa shape index (κ1) is 10.9. The van der Waals surface area contributed by atoms with Gasteiger partial charge >= 0.3 is 0 Å². The SMILES string of the molecule is Cc1ccc(Br)c(Nc2ncc(N)cn2)c1. The molecule has 82 valence electrons. The predicted molar refractivity (Wildman–Crippen MR) is 68.6 cm³/mol. The number of nitrogens with zero attached hydrogens (tertiary/aromatic N) is 2. The summed E-state index contributed by atoms with van der Waals surface area (Å²) in [6.45, 7) is 2.03. The number of aromatic nitrogens is 2. The van der Waals surface area contributed by atoms with E-state index in [-0.39, 0.29) is 0 Å². The number of nitrogens with one attached hydrogen (secondary N) is 1. The summed E-state index contributed by atoms with van der Waals surface area (Å²) in [4.78, 5) is 8.15. The molecule has 0 amide bonds. The van der Waals surface area contributed by atoms with Crippen LogP contribution in [0, 0.1) is 6.92 Å². The minimum absolute atomic E-state index is 0.528. The molecule has 0 atom stereocenters. The molecule has 0 unspecified atom stereocenters. The summed E-state index contributed by atoms with van der Waals surface area (Å²) in [5.74, 6) is 0.528. The standard InChI is InChI=1S/C11H11BrN4/c1-7-2-3-9(12)10(4-7)16-11-14-5-8(13)6-15-11/h2-6H,13H2,1H3,(H,14,15,16). The largest absolute Gasteiger partial charge is 0.396 e. The zero-order valence-electron chi connectivity index (χ0n) is 8.74. The van der Waals surface area contributed by atoms with Crippen molar-refractivity contribution in [3.05, 3.63) is 40.6 Å². The van der Waals surface area contributed by atoms with Gasteiger partial charge in [0.2, 0.25) is 5.95 Å². The number of rotatable bonds is 2. The number of hydrogen-bond donors (Lipinski definition) is 2. The van der Waals surface area contributed by atoms with Crippen molar-refractivity contribution in [3.63, 3.8) is 0 Å². The Labute approximate surface area is 102 Å². The lowest BCUT2D eigenvalue weighted by atomic mass is 10.2. The van der Waals surface area contributed by atoms with Crippen molar-refractivity contribution in [2.24, 2.45) is 0 Å². The highest BCUT2D eigenvalue weighted by molar-refractivity contribution is 9.10. The van der Waals surface area contributed by atoms with Gasteiger partial charge < -0.3 is 11.1 Å². The lowest BCUT2D eigenvalue weighted by molar-refractivity contribution is 1.17. The van der Waals surface area contributed by atoms with Gasteiger partial charge in [-0.25, -0.2) is 9.97 Å². The Bertz CT molecular complexity index is 496. The zero-order chi connectivity index (χ0) is 11.5. The summed E-state index contributed by atoms with van der Waals surface area (Å²) in [7, 11) is 0. The van der Waals surface area contributed by atoms with Crippen LogP contribution in [0.15, 0.2) is 35.1 Å². The van der Waals surface area contributed by atoms with E-state index in [0.717, 1.165) is 10.2 Å². The molecule has 16 heavy (non-hydrogen) atoms. The van der Waals surface area contributed by atoms with Crippen LogP contribution in [-0.2, 0) is 0 Å². The van der Waals surface area contributed by atoms with Gasteiger partial charge in [0.15, 0.2) is 0 Å². The Balaban J connectivity index is 2.26. The molecule has 0 spiro atoms. The quantitative estimate of drug-likeness (QED) is 0.887. The Kier molecular flexibility index (Phi) is 3.05. The molecule has 5 heteroatoms. The Morgan fingerprint density at radius 2 is 1.94 bits per heavy atom. The third-order valence-corrected chi connectivity index (χ3v) is 2.73. The topological polar surface area (TPSA) is 63.8 Å². The Morgan fingerprint density at radius 1 is 1.25 bits per heavy atom. The molecular weight excluding hydrogens is 268 g/mol. The molecule has 0 saturated carbocycles. The molecule has 2 rings (SSSR count). The highest BCUT2D eigenvalue weighted by Crippen LogP contribution is 2.25. The van der Waals surface area contributed by atoms with Crippen LogP contribution in [0.4, 0.5) is 17.3 Å². The number of halogens is 1. The van der Waals surface area contributed by atoms with E-state index in [4.69, 9.17) is 5.73 Å². The van der Waals surface area contributed by atoms with E-state index in [2.05, 4.69) is 31.2 Å². The van der Waals surface area contributed by atoms with E-state index in [1.54, 1.807) is 12.4 Å². The van der Waals surface area contributed by atoms with Crippen molar-refractivity contribution in [2.45, 2.75) is 6.92 Å². The van der Waals surface area contributed by atoms with Gasteiger partial charge in [0, 0.05) is 4.47 Å². The average molecular weight is 279 g/mol. The number of hydrogen-bond acceptors (Lipinski definition) is 4. The second kappa shape index (κ2) is 4.49. The average Bonchev–Trinajstić information content (AvgIpc) is 2.27. The minimum atomic E-state index is 0.528. The van der Waals surface area contributed by atoms with Crippen molar-refractivity contribution >= 4 is 33.3 Å². The van der Waals surface area contributed by atoms with Gasteiger partial charge in [0.25, 0.3) is 0 Å². The van der Waals surface area contributed by atoms with Crippen LogP contribution in [0.2, 0.25) is 0 Å². The highest BCUT2D eigenvalue weighted by Gasteiger charge is 2.02. The predicted octanol–water partition coefficient (Wildman–Crippen LogP) is 2.87. The molecule has 4 nitrogen and oxygen atoms in total. The van der Waals surface area contributed by atoms with Gasteiger partial charge in [-0.3, -0.25) is 0 Å². The summed E-state index contributed by atoms with van der Waals surface area (Å²) in [5.41, 5.74) is 8.16. The second-order valence-electron chi connectivity index (χ2n) is 3.45. The number of anilines is 3. The maximum absolute atomic E-state index is 5.51. The smallest absolute Gasteiger partial charge is 0.227 e. The van der Waals surface area contributed by atoms with Crippen LogP contribution in [0.3, 0.4) is 0 Å².